The second-order valence-electron chi connectivity index (χ2n) is 7.63. The van der Waals surface area contributed by atoms with Gasteiger partial charge in [0.2, 0.25) is 0 Å². The third-order valence-electron chi connectivity index (χ3n) is 5.70. The molecule has 5 nitrogen and oxygen atoms in total. The van der Waals surface area contributed by atoms with E-state index in [4.69, 9.17) is 28.4 Å². The van der Waals surface area contributed by atoms with Crippen LogP contribution in [0.25, 0.3) is 22.2 Å². The molecule has 0 aliphatic carbocycles. The molecule has 5 rings (SSSR count). The van der Waals surface area contributed by atoms with Crippen LogP contribution in [0.3, 0.4) is 0 Å². The van der Waals surface area contributed by atoms with Gasteiger partial charge in [0.1, 0.15) is 29.4 Å². The van der Waals surface area contributed by atoms with E-state index in [9.17, 15) is 4.79 Å². The molecule has 1 fully saturated rings. The summed E-state index contributed by atoms with van der Waals surface area (Å²) in [5.41, 5.74) is 4.16. The predicted octanol–water partition coefficient (Wildman–Crippen LogP) is 1.80. The summed E-state index contributed by atoms with van der Waals surface area (Å²) in [7, 11) is 18.7. The zero-order valence-electron chi connectivity index (χ0n) is 15.5. The van der Waals surface area contributed by atoms with Crippen molar-refractivity contribution in [1.29, 1.82) is 0 Å². The highest BCUT2D eigenvalue weighted by molar-refractivity contribution is 6.41. The molecule has 6 radical (unpaired) electrons. The fourth-order valence-corrected chi connectivity index (χ4v) is 4.31. The smallest absolute Gasteiger partial charge is 0.275 e. The molecular weight excluding hydrogens is 366 g/mol. The number of H-pyrrole nitrogens is 1. The van der Waals surface area contributed by atoms with Gasteiger partial charge in [-0.25, -0.2) is 9.87 Å². The minimum Gasteiger partial charge on any atom is -0.354 e. The molecule has 1 aromatic heterocycles. The Morgan fingerprint density at radius 2 is 1.97 bits per heavy atom. The molecule has 29 heavy (non-hydrogen) atoms. The van der Waals surface area contributed by atoms with Crippen LogP contribution in [0.2, 0.25) is 0 Å². The molecule has 0 bridgehead atoms. The number of hydrogen-bond donors (Lipinski definition) is 3. The van der Waals surface area contributed by atoms with Crippen molar-refractivity contribution >= 4 is 40.3 Å². The highest BCUT2D eigenvalue weighted by Gasteiger charge is 2.35. The van der Waals surface area contributed by atoms with Gasteiger partial charge in [-0.2, -0.15) is 0 Å². The molecule has 1 atom stereocenters. The number of halogens is 1. The highest BCUT2D eigenvalue weighted by atomic mass is 19.1. The molecular formula is C20H15B3FN3O2. The Hall–Kier alpha value is -2.51. The van der Waals surface area contributed by atoms with Crippen LogP contribution < -0.4 is 10.8 Å². The van der Waals surface area contributed by atoms with E-state index in [1.807, 2.05) is 0 Å². The minimum atomic E-state index is -1.81. The third kappa shape index (κ3) is 2.75. The third-order valence-corrected chi connectivity index (χ3v) is 5.70. The molecule has 0 saturated carbocycles. The van der Waals surface area contributed by atoms with Gasteiger partial charge in [-0.15, -0.1) is 0 Å². The van der Waals surface area contributed by atoms with E-state index in [-0.39, 0.29) is 0 Å². The summed E-state index contributed by atoms with van der Waals surface area (Å²) in [4.78, 5) is 20.8. The van der Waals surface area contributed by atoms with Crippen molar-refractivity contribution in [1.82, 2.24) is 15.8 Å². The van der Waals surface area contributed by atoms with E-state index in [1.54, 1.807) is 30.3 Å². The molecule has 3 aromatic rings. The summed E-state index contributed by atoms with van der Waals surface area (Å²) in [6.45, 7) is 0.744. The lowest BCUT2D eigenvalue weighted by molar-refractivity contribution is -0.000557. The molecule has 2 aliphatic heterocycles. The Morgan fingerprint density at radius 1 is 1.14 bits per heavy atom. The van der Waals surface area contributed by atoms with Crippen molar-refractivity contribution < 1.29 is 14.0 Å². The zero-order chi connectivity index (χ0) is 20.4. The van der Waals surface area contributed by atoms with Crippen molar-refractivity contribution in [2.45, 2.75) is 23.7 Å². The molecule has 0 unspecified atom stereocenters. The molecule has 2 aliphatic rings. The Kier molecular flexibility index (Phi) is 3.99. The van der Waals surface area contributed by atoms with Gasteiger partial charge < -0.3 is 10.3 Å². The molecule has 9 heteroatoms. The first kappa shape index (κ1) is 18.5. The van der Waals surface area contributed by atoms with Crippen LogP contribution in [0.1, 0.15) is 34.3 Å². The summed E-state index contributed by atoms with van der Waals surface area (Å²) in [5, 5.41) is 1.89. The molecule has 3 heterocycles. The Morgan fingerprint density at radius 3 is 2.69 bits per heavy atom. The van der Waals surface area contributed by atoms with Crippen molar-refractivity contribution in [2.24, 2.45) is 0 Å². The lowest BCUT2D eigenvalue weighted by Crippen LogP contribution is -2.38. The number of carbonyl (C=O) groups excluding carboxylic acids is 1. The van der Waals surface area contributed by atoms with Crippen molar-refractivity contribution in [3.05, 3.63) is 58.9 Å². The van der Waals surface area contributed by atoms with Gasteiger partial charge in [-0.1, -0.05) is 18.2 Å². The van der Waals surface area contributed by atoms with Crippen LogP contribution in [0.15, 0.2) is 36.4 Å². The summed E-state index contributed by atoms with van der Waals surface area (Å²) >= 11 is 0. The molecule has 138 valence electrons. The van der Waals surface area contributed by atoms with Crippen LogP contribution in [0.5, 0.6) is 0 Å². The summed E-state index contributed by atoms with van der Waals surface area (Å²) in [6.07, 6.45) is 1.54. The van der Waals surface area contributed by atoms with Gasteiger partial charge >= 0.3 is 0 Å². The number of carbonyl (C=O) groups is 1. The number of aromatic amines is 1. The minimum absolute atomic E-state index is 0.367. The van der Waals surface area contributed by atoms with Gasteiger partial charge in [-0.3, -0.25) is 9.63 Å². The number of aromatic nitrogens is 1. The lowest BCUT2D eigenvalue weighted by atomic mass is 9.60. The summed E-state index contributed by atoms with van der Waals surface area (Å²) < 4.78 is 15.1. The zero-order valence-corrected chi connectivity index (χ0v) is 15.5. The monoisotopic (exact) mass is 381 g/mol. The average Bonchev–Trinajstić information content (AvgIpc) is 3.28. The molecule has 1 saturated heterocycles. The Labute approximate surface area is 171 Å². The largest absolute Gasteiger partial charge is 0.354 e. The number of rotatable bonds is 2. The first-order valence-electron chi connectivity index (χ1n) is 9.36. The second kappa shape index (κ2) is 6.24. The van der Waals surface area contributed by atoms with E-state index < -0.39 is 22.6 Å². The number of hydroxylamine groups is 1. The van der Waals surface area contributed by atoms with Gasteiger partial charge in [-0.05, 0) is 43.1 Å². The van der Waals surface area contributed by atoms with E-state index in [0.717, 1.165) is 13.0 Å². The van der Waals surface area contributed by atoms with Gasteiger partial charge in [0.05, 0.1) is 11.3 Å². The van der Waals surface area contributed by atoms with E-state index in [2.05, 4.69) is 15.8 Å². The number of benzene rings is 2. The number of amides is 1. The van der Waals surface area contributed by atoms with Crippen molar-refractivity contribution in [3.63, 3.8) is 0 Å². The number of nitrogens with one attached hydrogen (secondary N) is 3. The Balaban J connectivity index is 1.72. The van der Waals surface area contributed by atoms with Crippen molar-refractivity contribution in [2.75, 3.05) is 6.54 Å². The Bertz CT molecular complexity index is 1160. The normalized spacial score (nSPS) is 23.1. The number of hydrogen-bond acceptors (Lipinski definition) is 3. The summed E-state index contributed by atoms with van der Waals surface area (Å²) in [5.74, 6) is -0.895. The van der Waals surface area contributed by atoms with E-state index in [1.165, 1.54) is 6.07 Å². The standard InChI is InChI=1S/C20H15B3FN3O2/c21-19(7-2-8-25-19)12-6-5-10(9-13(12)24)17-16-15-11(3-1-4-14(15)26-17)18(28)27-29-20(16,22)23/h1,3-6,9,25-26H,2,7-8H2,(H,27,28)/t19-/m0/s1. The van der Waals surface area contributed by atoms with Crippen LogP contribution in [0, 0.1) is 5.82 Å². The topological polar surface area (TPSA) is 66.1 Å². The highest BCUT2D eigenvalue weighted by Crippen LogP contribution is 2.40. The van der Waals surface area contributed by atoms with Crippen LogP contribution in [-0.4, -0.2) is 41.0 Å². The maximum Gasteiger partial charge on any atom is 0.275 e. The molecule has 1 amide bonds. The van der Waals surface area contributed by atoms with E-state index in [0.29, 0.717) is 45.3 Å². The lowest BCUT2D eigenvalue weighted by Gasteiger charge is -2.27. The first-order valence-corrected chi connectivity index (χ1v) is 9.36. The fourth-order valence-electron chi connectivity index (χ4n) is 4.31. The van der Waals surface area contributed by atoms with Crippen LogP contribution in [-0.2, 0) is 15.7 Å². The van der Waals surface area contributed by atoms with Gasteiger partial charge in [0, 0.05) is 32.9 Å². The maximum absolute atomic E-state index is 15.1. The second-order valence-corrected chi connectivity index (χ2v) is 7.63. The fraction of sp³-hybridized carbons (Fsp3) is 0.250. The van der Waals surface area contributed by atoms with Gasteiger partial charge in [0.15, 0.2) is 0 Å². The first-order chi connectivity index (χ1) is 13.8. The molecule has 0 spiro atoms. The quantitative estimate of drug-likeness (QED) is 0.594. The van der Waals surface area contributed by atoms with E-state index >= 15 is 4.39 Å². The van der Waals surface area contributed by atoms with Crippen LogP contribution >= 0.6 is 0 Å². The molecule has 2 aromatic carbocycles. The molecule has 3 N–H and O–H groups in total. The average molecular weight is 381 g/mol. The maximum atomic E-state index is 15.1. The predicted molar refractivity (Wildman–Crippen MR) is 110 cm³/mol. The SMILES string of the molecule is [B]C1([B])ONC(=O)c2cccc3[nH]c(-c4ccc([C@]5([B])CCCN5)c(F)c4)c1c23. The summed E-state index contributed by atoms with van der Waals surface area (Å²) in [6, 6.07) is 9.98. The van der Waals surface area contributed by atoms with Crippen LogP contribution in [0.4, 0.5) is 4.39 Å². The van der Waals surface area contributed by atoms with Crippen molar-refractivity contribution in [3.8, 4) is 11.3 Å². The van der Waals surface area contributed by atoms with Gasteiger partial charge in [0.25, 0.3) is 5.91 Å².